The average Bonchev–Trinajstić information content (AvgIpc) is 3.43. The van der Waals surface area contributed by atoms with Crippen molar-refractivity contribution in [1.29, 1.82) is 0 Å². The number of carboxylic acid groups (broad SMARTS) is 1. The van der Waals surface area contributed by atoms with Gasteiger partial charge in [0.05, 0.1) is 0 Å². The molecular weight excluding hydrogens is 432 g/mol. The SMILES string of the molecule is CCCC1CCN(C(=O)C(CCC(=O)O)NC(=O)OCC2c3ccccc3-c3ccccc32)C1. The zero-order valence-corrected chi connectivity index (χ0v) is 19.5. The summed E-state index contributed by atoms with van der Waals surface area (Å²) in [5.41, 5.74) is 4.48. The van der Waals surface area contributed by atoms with Gasteiger partial charge in [0.2, 0.25) is 5.91 Å². The average molecular weight is 465 g/mol. The minimum Gasteiger partial charge on any atom is -0.481 e. The van der Waals surface area contributed by atoms with Crippen LogP contribution in [-0.2, 0) is 14.3 Å². The highest BCUT2D eigenvalue weighted by atomic mass is 16.5. The number of aliphatic carboxylic acids is 1. The van der Waals surface area contributed by atoms with Crippen molar-refractivity contribution in [2.45, 2.75) is 51.0 Å². The highest BCUT2D eigenvalue weighted by Gasteiger charge is 2.33. The fourth-order valence-corrected chi connectivity index (χ4v) is 5.20. The first-order valence-electron chi connectivity index (χ1n) is 12.1. The van der Waals surface area contributed by atoms with E-state index in [0.717, 1.165) is 41.5 Å². The maximum absolute atomic E-state index is 13.1. The Kier molecular flexibility index (Phi) is 7.50. The molecule has 1 fully saturated rings. The van der Waals surface area contributed by atoms with E-state index >= 15 is 0 Å². The molecule has 2 aromatic rings. The highest BCUT2D eigenvalue weighted by Crippen LogP contribution is 2.44. The molecule has 1 heterocycles. The van der Waals surface area contributed by atoms with E-state index in [1.54, 1.807) is 4.90 Å². The Bertz CT molecular complexity index is 1010. The fraction of sp³-hybridized carbons (Fsp3) is 0.444. The van der Waals surface area contributed by atoms with Gasteiger partial charge in [0.25, 0.3) is 0 Å². The molecule has 2 aliphatic rings. The summed E-state index contributed by atoms with van der Waals surface area (Å²) in [5.74, 6) is -0.853. The molecule has 2 amide bonds. The van der Waals surface area contributed by atoms with E-state index in [-0.39, 0.29) is 31.3 Å². The Morgan fingerprint density at radius 2 is 1.74 bits per heavy atom. The van der Waals surface area contributed by atoms with Gasteiger partial charge in [0.1, 0.15) is 12.6 Å². The molecule has 4 rings (SSSR count). The zero-order chi connectivity index (χ0) is 24.1. The summed E-state index contributed by atoms with van der Waals surface area (Å²) in [6, 6.07) is 15.2. The number of likely N-dealkylation sites (tertiary alicyclic amines) is 1. The molecule has 2 aromatic carbocycles. The summed E-state index contributed by atoms with van der Waals surface area (Å²) >= 11 is 0. The molecule has 2 atom stereocenters. The van der Waals surface area contributed by atoms with Crippen molar-refractivity contribution in [3.63, 3.8) is 0 Å². The van der Waals surface area contributed by atoms with Crippen molar-refractivity contribution in [1.82, 2.24) is 10.2 Å². The van der Waals surface area contributed by atoms with Gasteiger partial charge in [-0.3, -0.25) is 9.59 Å². The minimum atomic E-state index is -1.00. The minimum absolute atomic E-state index is 0.0350. The molecular formula is C27H32N2O5. The molecule has 7 nitrogen and oxygen atoms in total. The molecule has 7 heteroatoms. The number of rotatable bonds is 9. The lowest BCUT2D eigenvalue weighted by molar-refractivity contribution is -0.137. The molecule has 1 aliphatic heterocycles. The second-order valence-electron chi connectivity index (χ2n) is 9.18. The smallest absolute Gasteiger partial charge is 0.407 e. The summed E-state index contributed by atoms with van der Waals surface area (Å²) in [6.07, 6.45) is 2.20. The molecule has 0 saturated carbocycles. The Morgan fingerprint density at radius 1 is 1.09 bits per heavy atom. The van der Waals surface area contributed by atoms with Gasteiger partial charge in [-0.15, -0.1) is 0 Å². The van der Waals surface area contributed by atoms with Crippen molar-refractivity contribution in [2.75, 3.05) is 19.7 Å². The number of carbonyl (C=O) groups excluding carboxylic acids is 2. The normalized spacial score (nSPS) is 17.7. The molecule has 2 unspecified atom stereocenters. The molecule has 180 valence electrons. The number of carbonyl (C=O) groups is 3. The zero-order valence-electron chi connectivity index (χ0n) is 19.5. The molecule has 2 N–H and O–H groups in total. The van der Waals surface area contributed by atoms with Gasteiger partial charge in [-0.2, -0.15) is 0 Å². The number of hydrogen-bond acceptors (Lipinski definition) is 4. The van der Waals surface area contributed by atoms with Crippen LogP contribution in [0.2, 0.25) is 0 Å². The first kappa shape index (κ1) is 23.8. The quantitative estimate of drug-likeness (QED) is 0.573. The third-order valence-electron chi connectivity index (χ3n) is 6.88. The van der Waals surface area contributed by atoms with Crippen LogP contribution in [0, 0.1) is 5.92 Å². The number of ether oxygens (including phenoxy) is 1. The standard InChI is InChI=1S/C27H32N2O5/c1-2-7-18-14-15-29(16-18)26(32)24(12-13-25(30)31)28-27(33)34-17-23-21-10-5-3-8-19(21)20-9-4-6-11-22(20)23/h3-6,8-11,18,23-24H,2,7,12-17H2,1H3,(H,28,33)(H,30,31). The number of benzene rings is 2. The first-order chi connectivity index (χ1) is 16.5. The highest BCUT2D eigenvalue weighted by molar-refractivity contribution is 5.86. The first-order valence-corrected chi connectivity index (χ1v) is 12.1. The Balaban J connectivity index is 1.40. The summed E-state index contributed by atoms with van der Waals surface area (Å²) in [7, 11) is 0. The Labute approximate surface area is 200 Å². The van der Waals surface area contributed by atoms with Gasteiger partial charge in [-0.25, -0.2) is 4.79 Å². The number of nitrogens with one attached hydrogen (secondary N) is 1. The van der Waals surface area contributed by atoms with E-state index in [1.807, 2.05) is 36.4 Å². The van der Waals surface area contributed by atoms with Gasteiger partial charge >= 0.3 is 12.1 Å². The fourth-order valence-electron chi connectivity index (χ4n) is 5.20. The van der Waals surface area contributed by atoms with Gasteiger partial charge in [0, 0.05) is 25.4 Å². The van der Waals surface area contributed by atoms with Crippen LogP contribution in [0.3, 0.4) is 0 Å². The van der Waals surface area contributed by atoms with E-state index in [4.69, 9.17) is 9.84 Å². The van der Waals surface area contributed by atoms with Crippen molar-refractivity contribution in [2.24, 2.45) is 5.92 Å². The van der Waals surface area contributed by atoms with Crippen LogP contribution in [0.25, 0.3) is 11.1 Å². The molecule has 0 aromatic heterocycles. The van der Waals surface area contributed by atoms with Gasteiger partial charge in [-0.1, -0.05) is 61.9 Å². The van der Waals surface area contributed by atoms with Gasteiger partial charge < -0.3 is 20.1 Å². The van der Waals surface area contributed by atoms with Crippen LogP contribution in [0.4, 0.5) is 4.79 Å². The van der Waals surface area contributed by atoms with Gasteiger partial charge in [0.15, 0.2) is 0 Å². The lowest BCUT2D eigenvalue weighted by atomic mass is 9.98. The lowest BCUT2D eigenvalue weighted by Gasteiger charge is -2.24. The molecule has 0 radical (unpaired) electrons. The van der Waals surface area contributed by atoms with Crippen LogP contribution in [0.15, 0.2) is 48.5 Å². The topological polar surface area (TPSA) is 95.9 Å². The van der Waals surface area contributed by atoms with Crippen LogP contribution in [0.5, 0.6) is 0 Å². The van der Waals surface area contributed by atoms with E-state index in [0.29, 0.717) is 19.0 Å². The van der Waals surface area contributed by atoms with E-state index < -0.39 is 18.1 Å². The van der Waals surface area contributed by atoms with E-state index in [1.165, 1.54) is 0 Å². The van der Waals surface area contributed by atoms with E-state index in [9.17, 15) is 14.4 Å². The monoisotopic (exact) mass is 464 g/mol. The summed E-state index contributed by atoms with van der Waals surface area (Å²) in [4.78, 5) is 38.7. The molecule has 0 bridgehead atoms. The van der Waals surface area contributed by atoms with Crippen molar-refractivity contribution in [3.8, 4) is 11.1 Å². The number of alkyl carbamates (subject to hydrolysis) is 1. The van der Waals surface area contributed by atoms with Crippen molar-refractivity contribution in [3.05, 3.63) is 59.7 Å². The Morgan fingerprint density at radius 3 is 2.35 bits per heavy atom. The molecule has 1 saturated heterocycles. The largest absolute Gasteiger partial charge is 0.481 e. The van der Waals surface area contributed by atoms with E-state index in [2.05, 4.69) is 24.4 Å². The number of hydrogen-bond donors (Lipinski definition) is 2. The van der Waals surface area contributed by atoms with Gasteiger partial charge in [-0.05, 0) is 47.4 Å². The lowest BCUT2D eigenvalue weighted by Crippen LogP contribution is -2.48. The summed E-state index contributed by atoms with van der Waals surface area (Å²) in [6.45, 7) is 3.56. The molecule has 0 spiro atoms. The second kappa shape index (κ2) is 10.7. The number of nitrogens with zero attached hydrogens (tertiary/aromatic N) is 1. The van der Waals surface area contributed by atoms with Crippen LogP contribution in [-0.4, -0.2) is 53.7 Å². The van der Waals surface area contributed by atoms with Crippen LogP contribution in [0.1, 0.15) is 56.1 Å². The molecule has 1 aliphatic carbocycles. The summed E-state index contributed by atoms with van der Waals surface area (Å²) < 4.78 is 5.58. The second-order valence-corrected chi connectivity index (χ2v) is 9.18. The third-order valence-corrected chi connectivity index (χ3v) is 6.88. The number of amides is 2. The number of carboxylic acids is 1. The molecule has 34 heavy (non-hydrogen) atoms. The van der Waals surface area contributed by atoms with Crippen LogP contribution >= 0.6 is 0 Å². The predicted molar refractivity (Wildman–Crippen MR) is 128 cm³/mol. The maximum Gasteiger partial charge on any atom is 0.407 e. The maximum atomic E-state index is 13.1. The third kappa shape index (κ3) is 5.24. The van der Waals surface area contributed by atoms with Crippen LogP contribution < -0.4 is 5.32 Å². The summed E-state index contributed by atoms with van der Waals surface area (Å²) in [5, 5.41) is 11.8. The van der Waals surface area contributed by atoms with Crippen molar-refractivity contribution < 1.29 is 24.2 Å². The Hall–Kier alpha value is -3.35. The van der Waals surface area contributed by atoms with Crippen molar-refractivity contribution >= 4 is 18.0 Å². The predicted octanol–water partition coefficient (Wildman–Crippen LogP) is 4.41. The number of fused-ring (bicyclic) bond motifs is 3.